The topological polar surface area (TPSA) is 60.3 Å². The molecule has 1 fully saturated rings. The molecule has 0 aliphatic carbocycles. The Morgan fingerprint density at radius 3 is 2.57 bits per heavy atom. The molecule has 2 N–H and O–H groups in total. The maximum atomic E-state index is 8.95. The summed E-state index contributed by atoms with van der Waals surface area (Å²) < 4.78 is 5.45. The van der Waals surface area contributed by atoms with E-state index in [1.807, 2.05) is 18.2 Å². The van der Waals surface area contributed by atoms with Crippen LogP contribution in [0.15, 0.2) is 29.3 Å². The molecule has 1 heterocycles. The molecule has 0 aromatic heterocycles. The number of methoxy groups -OCH3 is 1. The fraction of sp³-hybridized carbons (Fsp3) is 0.562. The Labute approximate surface area is 155 Å². The van der Waals surface area contributed by atoms with E-state index >= 15 is 0 Å². The van der Waals surface area contributed by atoms with E-state index in [4.69, 9.17) is 9.84 Å². The Bertz CT molecular complexity index is 491. The Morgan fingerprint density at radius 1 is 1.26 bits per heavy atom. The number of aliphatic hydroxyl groups is 1. The smallest absolute Gasteiger partial charge is 0.194 e. The van der Waals surface area contributed by atoms with Crippen LogP contribution in [0.25, 0.3) is 0 Å². The number of nitrogens with zero attached hydrogens (tertiary/aromatic N) is 3. The summed E-state index contributed by atoms with van der Waals surface area (Å²) in [6, 6.07) is 8.12. The summed E-state index contributed by atoms with van der Waals surface area (Å²) in [5.74, 6) is 1.80. The third-order valence-electron chi connectivity index (χ3n) is 3.70. The van der Waals surface area contributed by atoms with Gasteiger partial charge in [-0.2, -0.15) is 0 Å². The summed E-state index contributed by atoms with van der Waals surface area (Å²) in [6.07, 6.45) is 0. The summed E-state index contributed by atoms with van der Waals surface area (Å²) in [7, 11) is 1.71. The first-order valence-corrected chi connectivity index (χ1v) is 7.82. The number of piperazine rings is 1. The number of aliphatic imine (C=N–C) groups is 1. The highest BCUT2D eigenvalue weighted by molar-refractivity contribution is 14.0. The van der Waals surface area contributed by atoms with Gasteiger partial charge in [-0.1, -0.05) is 12.1 Å². The van der Waals surface area contributed by atoms with Crippen molar-refractivity contribution in [3.63, 3.8) is 0 Å². The van der Waals surface area contributed by atoms with Crippen molar-refractivity contribution < 1.29 is 9.84 Å². The number of anilines is 1. The zero-order chi connectivity index (χ0) is 15.8. The van der Waals surface area contributed by atoms with Crippen molar-refractivity contribution in [2.75, 3.05) is 57.9 Å². The number of hydrogen-bond donors (Lipinski definition) is 2. The lowest BCUT2D eigenvalue weighted by Crippen LogP contribution is -2.52. The predicted molar refractivity (Wildman–Crippen MR) is 105 cm³/mol. The van der Waals surface area contributed by atoms with Crippen LogP contribution >= 0.6 is 24.0 Å². The van der Waals surface area contributed by atoms with Crippen molar-refractivity contribution in [1.29, 1.82) is 0 Å². The van der Waals surface area contributed by atoms with Crippen molar-refractivity contribution in [3.8, 4) is 5.75 Å². The van der Waals surface area contributed by atoms with Crippen LogP contribution in [0.1, 0.15) is 6.92 Å². The summed E-state index contributed by atoms with van der Waals surface area (Å²) >= 11 is 0. The van der Waals surface area contributed by atoms with E-state index in [-0.39, 0.29) is 30.6 Å². The monoisotopic (exact) mass is 434 g/mol. The molecule has 1 aromatic carbocycles. The number of nitrogens with one attached hydrogen (secondary N) is 1. The van der Waals surface area contributed by atoms with Gasteiger partial charge in [0.25, 0.3) is 0 Å². The first-order chi connectivity index (χ1) is 10.8. The van der Waals surface area contributed by atoms with E-state index in [1.165, 1.54) is 0 Å². The highest BCUT2D eigenvalue weighted by Gasteiger charge is 2.21. The summed E-state index contributed by atoms with van der Waals surface area (Å²) in [6.45, 7) is 7.04. The van der Waals surface area contributed by atoms with E-state index in [9.17, 15) is 0 Å². The highest BCUT2D eigenvalue weighted by Crippen LogP contribution is 2.28. The molecule has 0 atom stereocenters. The zero-order valence-electron chi connectivity index (χ0n) is 13.9. The number of hydrogen-bond acceptors (Lipinski definition) is 4. The van der Waals surface area contributed by atoms with Crippen LogP contribution in [0, 0.1) is 0 Å². The third kappa shape index (κ3) is 5.42. The second kappa shape index (κ2) is 10.5. The van der Waals surface area contributed by atoms with Crippen LogP contribution in [0.3, 0.4) is 0 Å². The molecular weight excluding hydrogens is 407 g/mol. The molecule has 0 bridgehead atoms. The Morgan fingerprint density at radius 2 is 1.96 bits per heavy atom. The Balaban J connectivity index is 0.00000264. The molecule has 2 rings (SSSR count). The highest BCUT2D eigenvalue weighted by atomic mass is 127. The van der Waals surface area contributed by atoms with E-state index < -0.39 is 0 Å². The van der Waals surface area contributed by atoms with E-state index in [0.717, 1.165) is 50.1 Å². The molecule has 1 aromatic rings. The number of halogens is 1. The second-order valence-electron chi connectivity index (χ2n) is 5.11. The molecule has 0 unspecified atom stereocenters. The number of rotatable bonds is 5. The first-order valence-electron chi connectivity index (χ1n) is 7.82. The van der Waals surface area contributed by atoms with Gasteiger partial charge in [-0.3, -0.25) is 4.99 Å². The van der Waals surface area contributed by atoms with Gasteiger partial charge in [-0.15, -0.1) is 24.0 Å². The van der Waals surface area contributed by atoms with Crippen LogP contribution < -0.4 is 15.0 Å². The van der Waals surface area contributed by atoms with Gasteiger partial charge in [0.1, 0.15) is 5.75 Å². The standard InChI is InChI=1S/C16H26N4O2.HI/c1-3-17-16(18-8-13-21)20-11-9-19(10-12-20)14-6-4-5-7-15(14)22-2;/h4-7,21H,3,8-13H2,1-2H3,(H,17,18);1H. The van der Waals surface area contributed by atoms with Crippen LogP contribution in [0.4, 0.5) is 5.69 Å². The number of aliphatic hydroxyl groups excluding tert-OH is 1. The minimum absolute atomic E-state index is 0. The SMILES string of the molecule is CCNC(=NCCO)N1CCN(c2ccccc2OC)CC1.I. The molecule has 6 nitrogen and oxygen atoms in total. The molecule has 1 aliphatic rings. The van der Waals surface area contributed by atoms with Crippen molar-refractivity contribution in [3.05, 3.63) is 24.3 Å². The van der Waals surface area contributed by atoms with Crippen LogP contribution in [-0.2, 0) is 0 Å². The maximum absolute atomic E-state index is 8.95. The van der Waals surface area contributed by atoms with Crippen LogP contribution in [0.5, 0.6) is 5.75 Å². The molecular formula is C16H27IN4O2. The molecule has 1 saturated heterocycles. The lowest BCUT2D eigenvalue weighted by molar-refractivity contribution is 0.304. The predicted octanol–water partition coefficient (Wildman–Crippen LogP) is 1.39. The van der Waals surface area contributed by atoms with E-state index in [1.54, 1.807) is 7.11 Å². The van der Waals surface area contributed by atoms with Gasteiger partial charge in [-0.05, 0) is 19.1 Å². The fourth-order valence-electron chi connectivity index (χ4n) is 2.63. The van der Waals surface area contributed by atoms with Crippen LogP contribution in [-0.4, -0.2) is 69.0 Å². The van der Waals surface area contributed by atoms with Gasteiger partial charge < -0.3 is 25.0 Å². The van der Waals surface area contributed by atoms with Gasteiger partial charge in [-0.25, -0.2) is 0 Å². The van der Waals surface area contributed by atoms with Gasteiger partial charge >= 0.3 is 0 Å². The quantitative estimate of drug-likeness (QED) is 0.417. The van der Waals surface area contributed by atoms with Crippen LogP contribution in [0.2, 0.25) is 0 Å². The Kier molecular flexibility index (Phi) is 9.08. The number of benzene rings is 1. The largest absolute Gasteiger partial charge is 0.495 e. The lowest BCUT2D eigenvalue weighted by atomic mass is 10.2. The number of ether oxygens (including phenoxy) is 1. The third-order valence-corrected chi connectivity index (χ3v) is 3.70. The van der Waals surface area contributed by atoms with Crippen molar-refractivity contribution in [2.45, 2.75) is 6.92 Å². The summed E-state index contributed by atoms with van der Waals surface area (Å²) in [5, 5.41) is 12.2. The molecule has 7 heteroatoms. The van der Waals surface area contributed by atoms with Gasteiger partial charge in [0.15, 0.2) is 5.96 Å². The minimum atomic E-state index is 0. The maximum Gasteiger partial charge on any atom is 0.194 e. The molecule has 0 saturated carbocycles. The average Bonchev–Trinajstić information content (AvgIpc) is 2.59. The molecule has 130 valence electrons. The van der Waals surface area contributed by atoms with Crippen molar-refractivity contribution >= 4 is 35.6 Å². The average molecular weight is 434 g/mol. The number of para-hydroxylation sites is 2. The molecule has 1 aliphatic heterocycles. The molecule has 0 radical (unpaired) electrons. The molecule has 23 heavy (non-hydrogen) atoms. The van der Waals surface area contributed by atoms with Gasteiger partial charge in [0.2, 0.25) is 0 Å². The van der Waals surface area contributed by atoms with Gasteiger partial charge in [0, 0.05) is 32.7 Å². The fourth-order valence-corrected chi connectivity index (χ4v) is 2.63. The molecule has 0 spiro atoms. The number of guanidine groups is 1. The van der Waals surface area contributed by atoms with E-state index in [2.05, 4.69) is 33.1 Å². The Hall–Kier alpha value is -1.22. The minimum Gasteiger partial charge on any atom is -0.495 e. The van der Waals surface area contributed by atoms with Gasteiger partial charge in [0.05, 0.1) is 25.9 Å². The first kappa shape index (κ1) is 19.8. The molecule has 0 amide bonds. The second-order valence-corrected chi connectivity index (χ2v) is 5.11. The normalized spacial score (nSPS) is 15.2. The zero-order valence-corrected chi connectivity index (χ0v) is 16.2. The lowest BCUT2D eigenvalue weighted by Gasteiger charge is -2.38. The van der Waals surface area contributed by atoms with Crippen molar-refractivity contribution in [2.24, 2.45) is 4.99 Å². The van der Waals surface area contributed by atoms with Crippen molar-refractivity contribution in [1.82, 2.24) is 10.2 Å². The summed E-state index contributed by atoms with van der Waals surface area (Å²) in [4.78, 5) is 9.00. The summed E-state index contributed by atoms with van der Waals surface area (Å²) in [5.41, 5.74) is 1.14. The van der Waals surface area contributed by atoms with E-state index in [0.29, 0.717) is 6.54 Å².